The predicted octanol–water partition coefficient (Wildman–Crippen LogP) is 5.44. The Bertz CT molecular complexity index is 1740. The maximum Gasteiger partial charge on any atom is 0.288 e. The van der Waals surface area contributed by atoms with Crippen molar-refractivity contribution in [2.24, 2.45) is 0 Å². The number of fused-ring (bicyclic) bond motifs is 3. The van der Waals surface area contributed by atoms with E-state index in [1.54, 1.807) is 29.0 Å². The van der Waals surface area contributed by atoms with Gasteiger partial charge in [-0.05, 0) is 61.6 Å². The first kappa shape index (κ1) is 23.1. The molecule has 6 aromatic heterocycles. The van der Waals surface area contributed by atoms with Crippen molar-refractivity contribution in [1.29, 1.82) is 0 Å². The van der Waals surface area contributed by atoms with Crippen LogP contribution in [-0.4, -0.2) is 24.9 Å². The second kappa shape index (κ2) is 8.11. The number of thiophene rings is 2. The maximum atomic E-state index is 5.11. The third kappa shape index (κ3) is 3.29. The van der Waals surface area contributed by atoms with Gasteiger partial charge < -0.3 is 4.98 Å². The second-order valence-electron chi connectivity index (χ2n) is 10.5. The molecule has 182 valence electrons. The van der Waals surface area contributed by atoms with Gasteiger partial charge in [-0.3, -0.25) is 0 Å². The zero-order valence-electron chi connectivity index (χ0n) is 21.3. The van der Waals surface area contributed by atoms with E-state index in [-0.39, 0.29) is 0 Å². The molecule has 0 bridgehead atoms. The lowest BCUT2D eigenvalue weighted by Gasteiger charge is -2.25. The average molecular weight is 516 g/mol. The number of aromatic nitrogens is 7. The molecule has 1 N–H and O–H groups in total. The molecule has 0 aliphatic rings. The van der Waals surface area contributed by atoms with Gasteiger partial charge in [-0.2, -0.15) is 0 Å². The van der Waals surface area contributed by atoms with Crippen molar-refractivity contribution in [1.82, 2.24) is 24.9 Å². The smallest absolute Gasteiger partial charge is 0.288 e. The quantitative estimate of drug-likeness (QED) is 0.310. The van der Waals surface area contributed by atoms with Crippen LogP contribution in [0.4, 0.5) is 0 Å². The Morgan fingerprint density at radius 1 is 0.806 bits per heavy atom. The van der Waals surface area contributed by atoms with Gasteiger partial charge in [-0.15, -0.1) is 22.7 Å². The van der Waals surface area contributed by atoms with Crippen LogP contribution in [0.15, 0.2) is 54.1 Å². The number of hydrogen-bond donors (Lipinski definition) is 1. The fourth-order valence-electron chi connectivity index (χ4n) is 5.16. The third-order valence-corrected chi connectivity index (χ3v) is 8.96. The highest BCUT2D eigenvalue weighted by Gasteiger charge is 2.41. The van der Waals surface area contributed by atoms with Crippen LogP contribution in [-0.2, 0) is 11.1 Å². The van der Waals surface area contributed by atoms with E-state index >= 15 is 0 Å². The number of nitrogens with one attached hydrogen (secondary N) is 1. The summed E-state index contributed by atoms with van der Waals surface area (Å²) in [6, 6.07) is 6.41. The molecule has 7 nitrogen and oxygen atoms in total. The van der Waals surface area contributed by atoms with Crippen molar-refractivity contribution in [3.05, 3.63) is 71.2 Å². The van der Waals surface area contributed by atoms with Crippen LogP contribution >= 0.6 is 22.7 Å². The van der Waals surface area contributed by atoms with E-state index in [0.29, 0.717) is 5.92 Å². The molecule has 0 saturated carbocycles. The first-order chi connectivity index (χ1) is 17.2. The lowest BCUT2D eigenvalue weighted by molar-refractivity contribution is -0.731. The van der Waals surface area contributed by atoms with Crippen LogP contribution in [0, 0.1) is 0 Å². The van der Waals surface area contributed by atoms with Gasteiger partial charge in [0, 0.05) is 17.5 Å². The van der Waals surface area contributed by atoms with Crippen molar-refractivity contribution >= 4 is 54.1 Å². The summed E-state index contributed by atoms with van der Waals surface area (Å²) in [7, 11) is 0. The summed E-state index contributed by atoms with van der Waals surface area (Å²) in [5.41, 5.74) is 4.28. The Hall–Kier alpha value is -3.30. The molecular weight excluding hydrogens is 486 g/mol. The fourth-order valence-corrected chi connectivity index (χ4v) is 7.21. The maximum absolute atomic E-state index is 5.11. The van der Waals surface area contributed by atoms with E-state index in [4.69, 9.17) is 15.0 Å². The minimum Gasteiger partial charge on any atom is -0.346 e. The number of aromatic amines is 1. The second-order valence-corrected chi connectivity index (χ2v) is 12.3. The molecule has 6 aromatic rings. The van der Waals surface area contributed by atoms with Gasteiger partial charge in [0.25, 0.3) is 12.7 Å². The predicted molar refractivity (Wildman–Crippen MR) is 144 cm³/mol. The van der Waals surface area contributed by atoms with Gasteiger partial charge in [0.15, 0.2) is 16.1 Å². The normalized spacial score (nSPS) is 13.0. The highest BCUT2D eigenvalue weighted by Crippen LogP contribution is 2.34. The van der Waals surface area contributed by atoms with Crippen molar-refractivity contribution in [3.63, 3.8) is 0 Å². The van der Waals surface area contributed by atoms with E-state index < -0.39 is 11.1 Å². The summed E-state index contributed by atoms with van der Waals surface area (Å²) in [5, 5.41) is 6.55. The van der Waals surface area contributed by atoms with Crippen molar-refractivity contribution < 1.29 is 9.13 Å². The summed E-state index contributed by atoms with van der Waals surface area (Å²) < 4.78 is 5.68. The van der Waals surface area contributed by atoms with E-state index in [1.165, 1.54) is 14.9 Å². The minimum atomic E-state index is -0.437. The SMILES string of the molecule is CC(C)c1nc[n+](C(C)(C)c2nc[n+](C(C)(C)c3ncnc4[nH]ccc34)c3ccsc23)c2sccc12. The molecule has 0 aliphatic carbocycles. The molecule has 6 rings (SSSR count). The minimum absolute atomic E-state index is 0.369. The molecule has 0 atom stereocenters. The molecule has 6 heterocycles. The number of nitrogens with zero attached hydrogens (tertiary/aromatic N) is 6. The van der Waals surface area contributed by atoms with Crippen LogP contribution < -0.4 is 9.13 Å². The van der Waals surface area contributed by atoms with Gasteiger partial charge in [0.05, 0.1) is 5.39 Å². The number of rotatable bonds is 5. The molecule has 0 saturated heterocycles. The summed E-state index contributed by atoms with van der Waals surface area (Å²) in [6.07, 6.45) is 7.50. The first-order valence-corrected chi connectivity index (χ1v) is 13.8. The molecule has 0 aliphatic heterocycles. The molecule has 9 heteroatoms. The Balaban J connectivity index is 1.53. The van der Waals surface area contributed by atoms with Gasteiger partial charge in [-0.1, -0.05) is 18.8 Å². The number of H-pyrrole nitrogens is 1. The first-order valence-electron chi connectivity index (χ1n) is 12.1. The van der Waals surface area contributed by atoms with Gasteiger partial charge >= 0.3 is 0 Å². The molecule has 0 fully saturated rings. The van der Waals surface area contributed by atoms with E-state index in [2.05, 4.69) is 83.5 Å². The molecule has 0 unspecified atom stereocenters. The zero-order chi connectivity index (χ0) is 25.2. The largest absolute Gasteiger partial charge is 0.346 e. The van der Waals surface area contributed by atoms with Crippen molar-refractivity contribution in [2.45, 2.75) is 58.5 Å². The third-order valence-electron chi connectivity index (χ3n) is 7.14. The fraction of sp³-hybridized carbons (Fsp3) is 0.333. The van der Waals surface area contributed by atoms with Crippen LogP contribution in [0.2, 0.25) is 0 Å². The highest BCUT2D eigenvalue weighted by molar-refractivity contribution is 7.17. The zero-order valence-corrected chi connectivity index (χ0v) is 22.9. The van der Waals surface area contributed by atoms with Crippen LogP contribution in [0.1, 0.15) is 64.5 Å². The van der Waals surface area contributed by atoms with Crippen molar-refractivity contribution in [2.75, 3.05) is 0 Å². The Morgan fingerprint density at radius 2 is 1.56 bits per heavy atom. The number of hydrogen-bond acceptors (Lipinski definition) is 6. The van der Waals surface area contributed by atoms with Crippen molar-refractivity contribution in [3.8, 4) is 0 Å². The topological polar surface area (TPSA) is 75.1 Å². The Morgan fingerprint density at radius 3 is 2.36 bits per heavy atom. The van der Waals surface area contributed by atoms with Gasteiger partial charge in [-0.25, -0.2) is 19.1 Å². The molecule has 0 amide bonds. The average Bonchev–Trinajstić information content (AvgIpc) is 3.62. The standard InChI is InChI=1S/C27H29N7S2/c1-16(2)20-17-8-11-36-25(17)34(14-31-20)27(5,6)23-21-19(9-12-35-21)33(15-32-23)26(3,4)22-18-7-10-28-24(18)30-13-29-22/h7-16H,1-6H3,(H,28,29,30)/q+2. The molecule has 0 aromatic carbocycles. The van der Waals surface area contributed by atoms with Crippen LogP contribution in [0.5, 0.6) is 0 Å². The molecule has 0 radical (unpaired) electrons. The van der Waals surface area contributed by atoms with Crippen LogP contribution in [0.25, 0.3) is 31.5 Å². The lowest BCUT2D eigenvalue weighted by Crippen LogP contribution is -2.57. The monoisotopic (exact) mass is 515 g/mol. The van der Waals surface area contributed by atoms with Crippen LogP contribution in [0.3, 0.4) is 0 Å². The van der Waals surface area contributed by atoms with E-state index in [1.807, 2.05) is 24.9 Å². The van der Waals surface area contributed by atoms with Gasteiger partial charge in [0.1, 0.15) is 33.4 Å². The molecule has 0 spiro atoms. The highest BCUT2D eigenvalue weighted by atomic mass is 32.1. The summed E-state index contributed by atoms with van der Waals surface area (Å²) in [5.74, 6) is 0.369. The summed E-state index contributed by atoms with van der Waals surface area (Å²) >= 11 is 3.49. The van der Waals surface area contributed by atoms with Gasteiger partial charge in [0.2, 0.25) is 5.69 Å². The Kier molecular flexibility index (Phi) is 5.21. The van der Waals surface area contributed by atoms with E-state index in [9.17, 15) is 0 Å². The Labute approximate surface area is 217 Å². The van der Waals surface area contributed by atoms with E-state index in [0.717, 1.165) is 33.6 Å². The molecule has 36 heavy (non-hydrogen) atoms. The summed E-state index contributed by atoms with van der Waals surface area (Å²) in [4.78, 5) is 23.5. The molecular formula is C27H29N7S2+2. The lowest BCUT2D eigenvalue weighted by atomic mass is 9.95. The summed E-state index contributed by atoms with van der Waals surface area (Å²) in [6.45, 7) is 13.2.